The predicted molar refractivity (Wildman–Crippen MR) is 141 cm³/mol. The predicted octanol–water partition coefficient (Wildman–Crippen LogP) is 4.89. The molecule has 3 unspecified atom stereocenters. The van der Waals surface area contributed by atoms with Crippen LogP contribution in [0.15, 0.2) is 67.0 Å². The average Bonchev–Trinajstić information content (AvgIpc) is 2.90. The molecule has 0 radical (unpaired) electrons. The molecule has 1 amide bonds. The van der Waals surface area contributed by atoms with E-state index in [1.165, 1.54) is 0 Å². The van der Waals surface area contributed by atoms with Crippen molar-refractivity contribution in [3.05, 3.63) is 78.1 Å². The highest BCUT2D eigenvalue weighted by atomic mass is 16.5. The second-order valence-corrected chi connectivity index (χ2v) is 10.2. The number of phenolic OH excluding ortho intramolecular Hbond substituents is 1. The van der Waals surface area contributed by atoms with Crippen LogP contribution >= 0.6 is 0 Å². The summed E-state index contributed by atoms with van der Waals surface area (Å²) in [6, 6.07) is 18.7. The Balaban J connectivity index is 1.34. The fourth-order valence-electron chi connectivity index (χ4n) is 5.17. The molecule has 2 N–H and O–H groups in total. The fraction of sp³-hybridized carbons (Fsp3) is 0.367. The van der Waals surface area contributed by atoms with Gasteiger partial charge in [0.05, 0.1) is 23.8 Å². The SMILES string of the molecule is CC(c1ccc(C#N)c(O)c1)C1CC(=O)N(CCCOc2ccc(-c3ccncc3)cc2)C(C)(C)C1O. The molecule has 0 saturated carbocycles. The van der Waals surface area contributed by atoms with Crippen LogP contribution in [0.5, 0.6) is 11.5 Å². The molecule has 0 spiro atoms. The molecule has 1 aliphatic rings. The van der Waals surface area contributed by atoms with Crippen LogP contribution in [0.4, 0.5) is 0 Å². The van der Waals surface area contributed by atoms with Gasteiger partial charge in [-0.1, -0.05) is 25.1 Å². The number of aromatic hydroxyl groups is 1. The third kappa shape index (κ3) is 5.60. The van der Waals surface area contributed by atoms with Gasteiger partial charge in [0.2, 0.25) is 5.91 Å². The number of nitriles is 1. The molecular weight excluding hydrogens is 466 g/mol. The zero-order valence-electron chi connectivity index (χ0n) is 21.5. The van der Waals surface area contributed by atoms with Gasteiger partial charge < -0.3 is 19.8 Å². The topological polar surface area (TPSA) is 107 Å². The molecule has 0 bridgehead atoms. The summed E-state index contributed by atoms with van der Waals surface area (Å²) in [6.45, 7) is 6.67. The van der Waals surface area contributed by atoms with E-state index < -0.39 is 11.6 Å². The van der Waals surface area contributed by atoms with E-state index in [9.17, 15) is 15.0 Å². The number of carbonyl (C=O) groups excluding carboxylic acids is 1. The molecule has 4 rings (SSSR count). The molecule has 1 aromatic heterocycles. The number of aliphatic hydroxyl groups is 1. The molecule has 0 aliphatic carbocycles. The number of aliphatic hydroxyl groups excluding tert-OH is 1. The Kier molecular flexibility index (Phi) is 7.80. The number of nitrogens with zero attached hydrogens (tertiary/aromatic N) is 3. The first kappa shape index (κ1) is 26.2. The minimum Gasteiger partial charge on any atom is -0.507 e. The van der Waals surface area contributed by atoms with Crippen molar-refractivity contribution in [1.82, 2.24) is 9.88 Å². The van der Waals surface area contributed by atoms with Gasteiger partial charge in [0.1, 0.15) is 17.6 Å². The number of pyridine rings is 1. The van der Waals surface area contributed by atoms with Gasteiger partial charge in [-0.05, 0) is 79.3 Å². The maximum Gasteiger partial charge on any atom is 0.223 e. The van der Waals surface area contributed by atoms with Crippen molar-refractivity contribution >= 4 is 5.91 Å². The van der Waals surface area contributed by atoms with Crippen LogP contribution in [-0.4, -0.2) is 50.8 Å². The second kappa shape index (κ2) is 11.0. The number of phenols is 1. The van der Waals surface area contributed by atoms with E-state index in [1.807, 2.05) is 63.2 Å². The van der Waals surface area contributed by atoms with Crippen LogP contribution in [0.1, 0.15) is 50.7 Å². The summed E-state index contributed by atoms with van der Waals surface area (Å²) in [5, 5.41) is 30.5. The molecule has 2 aromatic carbocycles. The Morgan fingerprint density at radius 2 is 1.81 bits per heavy atom. The van der Waals surface area contributed by atoms with Crippen LogP contribution in [-0.2, 0) is 4.79 Å². The van der Waals surface area contributed by atoms with E-state index in [-0.39, 0.29) is 35.5 Å². The van der Waals surface area contributed by atoms with Crippen molar-refractivity contribution in [2.45, 2.75) is 51.2 Å². The zero-order chi connectivity index (χ0) is 26.6. The summed E-state index contributed by atoms with van der Waals surface area (Å²) in [6.07, 6.45) is 3.63. The molecule has 37 heavy (non-hydrogen) atoms. The van der Waals surface area contributed by atoms with Gasteiger partial charge in [0.25, 0.3) is 0 Å². The van der Waals surface area contributed by atoms with Crippen LogP contribution in [0.3, 0.4) is 0 Å². The molecule has 7 nitrogen and oxygen atoms in total. The van der Waals surface area contributed by atoms with Crippen molar-refractivity contribution in [1.29, 1.82) is 5.26 Å². The third-order valence-corrected chi connectivity index (χ3v) is 7.51. The van der Waals surface area contributed by atoms with E-state index in [4.69, 9.17) is 10.00 Å². The largest absolute Gasteiger partial charge is 0.507 e. The molecule has 1 fully saturated rings. The number of amides is 1. The van der Waals surface area contributed by atoms with Crippen molar-refractivity contribution < 1.29 is 19.7 Å². The number of carbonyl (C=O) groups is 1. The first-order valence-corrected chi connectivity index (χ1v) is 12.6. The highest BCUT2D eigenvalue weighted by Gasteiger charge is 2.48. The lowest BCUT2D eigenvalue weighted by molar-refractivity contribution is -0.157. The number of hydrogen-bond donors (Lipinski definition) is 2. The fourth-order valence-corrected chi connectivity index (χ4v) is 5.17. The second-order valence-electron chi connectivity index (χ2n) is 10.2. The zero-order valence-corrected chi connectivity index (χ0v) is 21.5. The quantitative estimate of drug-likeness (QED) is 0.428. The molecule has 192 valence electrons. The monoisotopic (exact) mass is 499 g/mol. The normalized spacial score (nSPS) is 19.8. The van der Waals surface area contributed by atoms with E-state index >= 15 is 0 Å². The summed E-state index contributed by atoms with van der Waals surface area (Å²) < 4.78 is 5.91. The number of ether oxygens (including phenoxy) is 1. The van der Waals surface area contributed by atoms with Gasteiger partial charge in [0, 0.05) is 31.3 Å². The highest BCUT2D eigenvalue weighted by molar-refractivity contribution is 5.79. The Labute approximate surface area is 218 Å². The van der Waals surface area contributed by atoms with Crippen LogP contribution in [0, 0.1) is 17.2 Å². The molecule has 3 aromatic rings. The summed E-state index contributed by atoms with van der Waals surface area (Å²) in [7, 11) is 0. The number of benzene rings is 2. The smallest absolute Gasteiger partial charge is 0.223 e. The van der Waals surface area contributed by atoms with Gasteiger partial charge in [-0.3, -0.25) is 9.78 Å². The number of hydrogen-bond acceptors (Lipinski definition) is 6. The first-order valence-electron chi connectivity index (χ1n) is 12.6. The Hall–Kier alpha value is -3.89. The van der Waals surface area contributed by atoms with E-state index in [0.717, 1.165) is 22.4 Å². The molecule has 2 heterocycles. The Morgan fingerprint density at radius 1 is 1.14 bits per heavy atom. The number of rotatable bonds is 8. The van der Waals surface area contributed by atoms with E-state index in [1.54, 1.807) is 35.5 Å². The van der Waals surface area contributed by atoms with Gasteiger partial charge in [-0.25, -0.2) is 0 Å². The molecule has 7 heteroatoms. The maximum atomic E-state index is 13.2. The van der Waals surface area contributed by atoms with Crippen LogP contribution < -0.4 is 4.74 Å². The summed E-state index contributed by atoms with van der Waals surface area (Å²) in [4.78, 5) is 19.0. The van der Waals surface area contributed by atoms with E-state index in [2.05, 4.69) is 4.98 Å². The van der Waals surface area contributed by atoms with Gasteiger partial charge in [-0.15, -0.1) is 0 Å². The molecular formula is C30H33N3O4. The number of piperidine rings is 1. The summed E-state index contributed by atoms with van der Waals surface area (Å²) in [5.74, 6) is 0.198. The van der Waals surface area contributed by atoms with Crippen LogP contribution in [0.25, 0.3) is 11.1 Å². The lowest BCUT2D eigenvalue weighted by Crippen LogP contribution is -2.62. The summed E-state index contributed by atoms with van der Waals surface area (Å²) in [5.41, 5.74) is 2.42. The molecule has 3 atom stereocenters. The molecule has 1 saturated heterocycles. The standard InChI is InChI=1S/C30H33N3O4/c1-20(23-5-6-24(19-31)27(34)17-23)26-18-28(35)33(30(2,3)29(26)36)15-4-16-37-25-9-7-21(8-10-25)22-11-13-32-14-12-22/h5-14,17,20,26,29,34,36H,4,15-16,18H2,1-3H3. The Bertz CT molecular complexity index is 1270. The maximum absolute atomic E-state index is 13.2. The van der Waals surface area contributed by atoms with Gasteiger partial charge in [-0.2, -0.15) is 5.26 Å². The van der Waals surface area contributed by atoms with Crippen molar-refractivity contribution in [2.75, 3.05) is 13.2 Å². The lowest BCUT2D eigenvalue weighted by atomic mass is 9.71. The third-order valence-electron chi connectivity index (χ3n) is 7.51. The molecule has 1 aliphatic heterocycles. The lowest BCUT2D eigenvalue weighted by Gasteiger charge is -2.50. The van der Waals surface area contributed by atoms with Crippen molar-refractivity contribution in [3.63, 3.8) is 0 Å². The highest BCUT2D eigenvalue weighted by Crippen LogP contribution is 2.41. The van der Waals surface area contributed by atoms with Gasteiger partial charge in [0.15, 0.2) is 0 Å². The Morgan fingerprint density at radius 3 is 2.46 bits per heavy atom. The van der Waals surface area contributed by atoms with E-state index in [0.29, 0.717) is 19.6 Å². The summed E-state index contributed by atoms with van der Waals surface area (Å²) >= 11 is 0. The number of aromatic nitrogens is 1. The van der Waals surface area contributed by atoms with Crippen molar-refractivity contribution in [2.24, 2.45) is 5.92 Å². The average molecular weight is 500 g/mol. The minimum atomic E-state index is -0.755. The van der Waals surface area contributed by atoms with Crippen molar-refractivity contribution in [3.8, 4) is 28.7 Å². The minimum absolute atomic E-state index is 0.00767. The van der Waals surface area contributed by atoms with Crippen LogP contribution in [0.2, 0.25) is 0 Å². The first-order chi connectivity index (χ1) is 17.7. The van der Waals surface area contributed by atoms with Gasteiger partial charge >= 0.3 is 0 Å². The number of likely N-dealkylation sites (tertiary alicyclic amines) is 1.